The van der Waals surface area contributed by atoms with Crippen LogP contribution in [0.2, 0.25) is 0 Å². The van der Waals surface area contributed by atoms with Gasteiger partial charge in [0.2, 0.25) is 0 Å². The Morgan fingerprint density at radius 3 is 1.29 bits per heavy atom. The summed E-state index contributed by atoms with van der Waals surface area (Å²) < 4.78 is 0. The van der Waals surface area contributed by atoms with Crippen molar-refractivity contribution >= 4 is 11.4 Å². The molecule has 0 atom stereocenters. The van der Waals surface area contributed by atoms with Crippen molar-refractivity contribution in [3.63, 3.8) is 0 Å². The highest BCUT2D eigenvalue weighted by atomic mass is 16.4. The van der Waals surface area contributed by atoms with Gasteiger partial charge in [-0.25, -0.2) is 0 Å². The van der Waals surface area contributed by atoms with Crippen LogP contribution in [0.15, 0.2) is 58.8 Å². The molecule has 0 aliphatic heterocycles. The summed E-state index contributed by atoms with van der Waals surface area (Å²) in [6.07, 6.45) is 1.18. The minimum absolute atomic E-state index is 0.146. The van der Waals surface area contributed by atoms with Crippen LogP contribution in [0.3, 0.4) is 0 Å². The van der Waals surface area contributed by atoms with Crippen molar-refractivity contribution in [1.82, 2.24) is 0 Å². The smallest absolute Gasteiger partial charge is 0.124 e. The monoisotopic (exact) mass is 330 g/mol. The molecule has 128 valence electrons. The quantitative estimate of drug-likeness (QED) is 0.387. The van der Waals surface area contributed by atoms with Gasteiger partial charge in [0, 0.05) is 11.1 Å². The molecule has 6 heteroatoms. The lowest BCUT2D eigenvalue weighted by molar-refractivity contribution is 0.317. The molecule has 2 aromatic carbocycles. The maximum atomic E-state index is 9.35. The number of hydrogen-bond acceptors (Lipinski definition) is 6. The average Bonchev–Trinajstić information content (AvgIpc) is 2.61. The average molecular weight is 330 g/mol. The number of rotatable bonds is 4. The highest BCUT2D eigenvalue weighted by Crippen LogP contribution is 2.18. The number of phenolic OH excluding ortho intramolecular Hbond substituents is 2. The molecule has 0 heterocycles. The topological polar surface area (TPSA) is 106 Å². The lowest BCUT2D eigenvalue weighted by atomic mass is 10.1. The van der Waals surface area contributed by atoms with Gasteiger partial charge in [0.25, 0.3) is 0 Å². The first-order chi connectivity index (χ1) is 11.6. The number of para-hydroxylation sites is 2. The van der Waals surface area contributed by atoms with Gasteiger partial charge in [0.15, 0.2) is 0 Å². The van der Waals surface area contributed by atoms with Gasteiger partial charge in [-0.15, -0.1) is 0 Å². The molecule has 2 rings (SSSR count). The van der Waals surface area contributed by atoms with E-state index in [2.05, 4.69) is 10.3 Å². The number of phenols is 2. The van der Waals surface area contributed by atoms with Crippen molar-refractivity contribution in [2.24, 2.45) is 10.3 Å². The van der Waals surface area contributed by atoms with Crippen LogP contribution in [0.25, 0.3) is 0 Å². The van der Waals surface area contributed by atoms with Crippen LogP contribution in [0.4, 0.5) is 0 Å². The number of nitrogens with zero attached hydrogens (tertiary/aromatic N) is 2. The van der Waals surface area contributed by atoms with Gasteiger partial charge in [-0.1, -0.05) is 48.4 Å². The second-order valence-corrected chi connectivity index (χ2v) is 4.83. The molecule has 0 aromatic heterocycles. The fourth-order valence-electron chi connectivity index (χ4n) is 2.07. The zero-order valence-corrected chi connectivity index (χ0v) is 13.7. The molecule has 0 saturated carbocycles. The minimum atomic E-state index is 0.146. The summed E-state index contributed by atoms with van der Waals surface area (Å²) >= 11 is 0. The first-order valence-electron chi connectivity index (χ1n) is 7.57. The predicted octanol–water partition coefficient (Wildman–Crippen LogP) is 3.96. The number of hydrogen-bond donors (Lipinski definition) is 4. The van der Waals surface area contributed by atoms with Gasteiger partial charge in [-0.3, -0.25) is 0 Å². The van der Waals surface area contributed by atoms with Crippen molar-refractivity contribution in [1.29, 1.82) is 0 Å². The summed E-state index contributed by atoms with van der Waals surface area (Å²) in [5, 5.41) is 42.1. The molecule has 0 bridgehead atoms. The van der Waals surface area contributed by atoms with E-state index in [4.69, 9.17) is 10.4 Å². The maximum absolute atomic E-state index is 9.35. The van der Waals surface area contributed by atoms with E-state index in [0.29, 0.717) is 35.4 Å². The fraction of sp³-hybridized carbons (Fsp3) is 0.222. The van der Waals surface area contributed by atoms with Crippen molar-refractivity contribution in [2.75, 3.05) is 0 Å². The molecule has 0 aliphatic carbocycles. The van der Waals surface area contributed by atoms with Gasteiger partial charge < -0.3 is 20.6 Å². The summed E-state index contributed by atoms with van der Waals surface area (Å²) in [4.78, 5) is 0. The molecule has 0 aliphatic rings. The van der Waals surface area contributed by atoms with Crippen molar-refractivity contribution in [2.45, 2.75) is 26.7 Å². The van der Waals surface area contributed by atoms with Crippen LogP contribution >= 0.6 is 0 Å². The van der Waals surface area contributed by atoms with E-state index in [0.717, 1.165) is 0 Å². The summed E-state index contributed by atoms with van der Waals surface area (Å²) in [6.45, 7) is 3.73. The maximum Gasteiger partial charge on any atom is 0.124 e. The Labute approximate surface area is 141 Å². The SMILES string of the molecule is CC/C(=N\O)c1ccccc1O.CC/C(=N\O)c1ccccc1O. The van der Waals surface area contributed by atoms with E-state index in [1.807, 2.05) is 13.8 Å². The Balaban J connectivity index is 0.000000240. The van der Waals surface area contributed by atoms with E-state index in [1.54, 1.807) is 48.5 Å². The van der Waals surface area contributed by atoms with E-state index in [1.165, 1.54) is 0 Å². The van der Waals surface area contributed by atoms with Crippen LogP contribution in [0, 0.1) is 0 Å². The summed E-state index contributed by atoms with van der Waals surface area (Å²) in [5.74, 6) is 0.291. The standard InChI is InChI=1S/2C9H11NO2/c2*1-2-8(10-12)7-5-3-4-6-9(7)11/h2*3-6,11-12H,2H2,1H3/b2*10-8+. The van der Waals surface area contributed by atoms with Crippen molar-refractivity contribution < 1.29 is 20.6 Å². The molecule has 0 unspecified atom stereocenters. The van der Waals surface area contributed by atoms with Gasteiger partial charge in [-0.2, -0.15) is 0 Å². The van der Waals surface area contributed by atoms with Gasteiger partial charge in [-0.05, 0) is 37.1 Å². The number of benzene rings is 2. The molecule has 0 radical (unpaired) electrons. The Hall–Kier alpha value is -3.02. The molecular weight excluding hydrogens is 308 g/mol. The molecule has 0 amide bonds. The normalized spacial score (nSPS) is 11.6. The minimum Gasteiger partial charge on any atom is -0.507 e. The lowest BCUT2D eigenvalue weighted by Crippen LogP contribution is -1.98. The molecule has 6 nitrogen and oxygen atoms in total. The van der Waals surface area contributed by atoms with E-state index < -0.39 is 0 Å². The van der Waals surface area contributed by atoms with Crippen molar-refractivity contribution in [3.05, 3.63) is 59.7 Å². The summed E-state index contributed by atoms with van der Waals surface area (Å²) in [5.41, 5.74) is 2.16. The number of aromatic hydroxyl groups is 2. The molecule has 24 heavy (non-hydrogen) atoms. The molecule has 0 fully saturated rings. The second-order valence-electron chi connectivity index (χ2n) is 4.83. The first-order valence-corrected chi connectivity index (χ1v) is 7.57. The predicted molar refractivity (Wildman–Crippen MR) is 93.4 cm³/mol. The van der Waals surface area contributed by atoms with Crippen LogP contribution in [0.5, 0.6) is 11.5 Å². The number of oxime groups is 2. The third-order valence-electron chi connectivity index (χ3n) is 3.34. The fourth-order valence-corrected chi connectivity index (χ4v) is 2.07. The van der Waals surface area contributed by atoms with Gasteiger partial charge in [0.1, 0.15) is 11.5 Å². The zero-order chi connectivity index (χ0) is 17.9. The largest absolute Gasteiger partial charge is 0.507 e. The second kappa shape index (κ2) is 9.89. The first kappa shape index (κ1) is 19.0. The Kier molecular flexibility index (Phi) is 7.84. The summed E-state index contributed by atoms with van der Waals surface area (Å²) in [7, 11) is 0. The van der Waals surface area contributed by atoms with Crippen LogP contribution in [-0.4, -0.2) is 32.1 Å². The van der Waals surface area contributed by atoms with E-state index in [9.17, 15) is 10.2 Å². The van der Waals surface area contributed by atoms with Crippen LogP contribution in [0.1, 0.15) is 37.8 Å². The van der Waals surface area contributed by atoms with Crippen molar-refractivity contribution in [3.8, 4) is 11.5 Å². The van der Waals surface area contributed by atoms with Gasteiger partial charge in [0.05, 0.1) is 11.4 Å². The Morgan fingerprint density at radius 2 is 1.04 bits per heavy atom. The van der Waals surface area contributed by atoms with Crippen LogP contribution in [-0.2, 0) is 0 Å². The Morgan fingerprint density at radius 1 is 0.708 bits per heavy atom. The molecule has 2 aromatic rings. The van der Waals surface area contributed by atoms with E-state index >= 15 is 0 Å². The molecule has 0 spiro atoms. The zero-order valence-electron chi connectivity index (χ0n) is 13.7. The molecule has 4 N–H and O–H groups in total. The summed E-state index contributed by atoms with van der Waals surface area (Å²) in [6, 6.07) is 13.6. The lowest BCUT2D eigenvalue weighted by Gasteiger charge is -2.02. The molecular formula is C18H22N2O4. The molecule has 0 saturated heterocycles. The third-order valence-corrected chi connectivity index (χ3v) is 3.34. The van der Waals surface area contributed by atoms with Crippen LogP contribution < -0.4 is 0 Å². The highest BCUT2D eigenvalue weighted by molar-refractivity contribution is 6.02. The Bertz CT molecular complexity index is 650. The van der Waals surface area contributed by atoms with E-state index in [-0.39, 0.29) is 11.5 Å². The van der Waals surface area contributed by atoms with Gasteiger partial charge >= 0.3 is 0 Å². The third kappa shape index (κ3) is 5.01. The highest BCUT2D eigenvalue weighted by Gasteiger charge is 2.06.